The van der Waals surface area contributed by atoms with E-state index in [9.17, 15) is 0 Å². The Morgan fingerprint density at radius 1 is 1.10 bits per heavy atom. The Morgan fingerprint density at radius 2 is 1.95 bits per heavy atom. The van der Waals surface area contributed by atoms with Gasteiger partial charge in [0.05, 0.1) is 0 Å². The van der Waals surface area contributed by atoms with Gasteiger partial charge in [-0.05, 0) is 48.1 Å². The Hall–Kier alpha value is -2.06. The molecule has 0 aliphatic heterocycles. The van der Waals surface area contributed by atoms with Crippen LogP contribution in [0, 0.1) is 6.92 Å². The zero-order valence-electron chi connectivity index (χ0n) is 12.0. The zero-order valence-corrected chi connectivity index (χ0v) is 12.0. The van der Waals surface area contributed by atoms with Crippen molar-refractivity contribution in [3.8, 4) is 0 Å². The maximum atomic E-state index is 3.60. The van der Waals surface area contributed by atoms with Crippen molar-refractivity contribution in [2.24, 2.45) is 0 Å². The number of aromatic amines is 1. The minimum atomic E-state index is 0.357. The normalized spacial score (nSPS) is 12.7. The van der Waals surface area contributed by atoms with E-state index in [1.165, 1.54) is 27.6 Å². The van der Waals surface area contributed by atoms with Gasteiger partial charge < -0.3 is 10.3 Å². The third-order valence-electron chi connectivity index (χ3n) is 3.89. The molecule has 0 unspecified atom stereocenters. The fourth-order valence-electron chi connectivity index (χ4n) is 2.66. The van der Waals surface area contributed by atoms with E-state index in [0.29, 0.717) is 6.04 Å². The predicted molar refractivity (Wildman–Crippen MR) is 84.7 cm³/mol. The van der Waals surface area contributed by atoms with Crippen molar-refractivity contribution in [3.05, 3.63) is 71.4 Å². The summed E-state index contributed by atoms with van der Waals surface area (Å²) in [6.45, 7) is 5.26. The summed E-state index contributed by atoms with van der Waals surface area (Å²) in [6.07, 6.45) is 1.98. The molecule has 3 aromatic rings. The van der Waals surface area contributed by atoms with Crippen molar-refractivity contribution in [1.29, 1.82) is 0 Å². The molecule has 1 atom stereocenters. The summed E-state index contributed by atoms with van der Waals surface area (Å²) in [4.78, 5) is 3.26. The van der Waals surface area contributed by atoms with Crippen LogP contribution in [0.2, 0.25) is 0 Å². The Morgan fingerprint density at radius 3 is 2.80 bits per heavy atom. The molecule has 0 radical (unpaired) electrons. The molecular formula is C18H20N2. The fraction of sp³-hybridized carbons (Fsp3) is 0.222. The van der Waals surface area contributed by atoms with Gasteiger partial charge in [0.15, 0.2) is 0 Å². The number of H-pyrrole nitrogens is 1. The van der Waals surface area contributed by atoms with Gasteiger partial charge in [-0.2, -0.15) is 0 Å². The van der Waals surface area contributed by atoms with E-state index >= 15 is 0 Å². The van der Waals surface area contributed by atoms with Gasteiger partial charge in [0, 0.05) is 24.3 Å². The minimum Gasteiger partial charge on any atom is -0.361 e. The van der Waals surface area contributed by atoms with Crippen molar-refractivity contribution in [1.82, 2.24) is 10.3 Å². The monoisotopic (exact) mass is 264 g/mol. The summed E-state index contributed by atoms with van der Waals surface area (Å²) in [5.74, 6) is 0. The molecule has 0 saturated carbocycles. The molecule has 0 bridgehead atoms. The van der Waals surface area contributed by atoms with Crippen LogP contribution in [0.1, 0.15) is 29.7 Å². The zero-order chi connectivity index (χ0) is 13.9. The summed E-state index contributed by atoms with van der Waals surface area (Å²) in [5, 5.41) is 4.86. The van der Waals surface area contributed by atoms with Crippen molar-refractivity contribution >= 4 is 10.9 Å². The SMILES string of the molecule is Cc1ccccc1[C@@H](C)NCc1ccc2cc[nH]c2c1. The molecule has 0 amide bonds. The van der Waals surface area contributed by atoms with Gasteiger partial charge in [-0.15, -0.1) is 0 Å². The van der Waals surface area contributed by atoms with Crippen LogP contribution in [0.3, 0.4) is 0 Å². The van der Waals surface area contributed by atoms with Gasteiger partial charge in [0.25, 0.3) is 0 Å². The second kappa shape index (κ2) is 5.51. The van der Waals surface area contributed by atoms with Gasteiger partial charge in [-0.3, -0.25) is 0 Å². The van der Waals surface area contributed by atoms with E-state index in [-0.39, 0.29) is 0 Å². The smallest absolute Gasteiger partial charge is 0.0457 e. The summed E-state index contributed by atoms with van der Waals surface area (Å²) in [5.41, 5.74) is 5.22. The third kappa shape index (κ3) is 2.61. The number of nitrogens with one attached hydrogen (secondary N) is 2. The van der Waals surface area contributed by atoms with Crippen LogP contribution in [0.4, 0.5) is 0 Å². The highest BCUT2D eigenvalue weighted by Gasteiger charge is 2.07. The summed E-state index contributed by atoms with van der Waals surface area (Å²) in [7, 11) is 0. The number of aromatic nitrogens is 1. The summed E-state index contributed by atoms with van der Waals surface area (Å²) in [6, 6.07) is 17.6. The van der Waals surface area contributed by atoms with Crippen molar-refractivity contribution in [2.45, 2.75) is 26.4 Å². The van der Waals surface area contributed by atoms with Crippen LogP contribution in [0.5, 0.6) is 0 Å². The number of hydrogen-bond acceptors (Lipinski definition) is 1. The molecule has 0 fully saturated rings. The lowest BCUT2D eigenvalue weighted by molar-refractivity contribution is 0.572. The molecule has 1 heterocycles. The molecule has 2 nitrogen and oxygen atoms in total. The average Bonchev–Trinajstić information content (AvgIpc) is 2.92. The van der Waals surface area contributed by atoms with Crippen LogP contribution in [-0.2, 0) is 6.54 Å². The lowest BCUT2D eigenvalue weighted by atomic mass is 10.0. The molecule has 20 heavy (non-hydrogen) atoms. The minimum absolute atomic E-state index is 0.357. The number of benzene rings is 2. The van der Waals surface area contributed by atoms with Crippen LogP contribution in [0.15, 0.2) is 54.7 Å². The largest absolute Gasteiger partial charge is 0.361 e. The van der Waals surface area contributed by atoms with Gasteiger partial charge in [-0.1, -0.05) is 36.4 Å². The molecule has 0 aliphatic carbocycles. The van der Waals surface area contributed by atoms with Crippen molar-refractivity contribution in [2.75, 3.05) is 0 Å². The lowest BCUT2D eigenvalue weighted by Crippen LogP contribution is -2.18. The van der Waals surface area contributed by atoms with E-state index in [0.717, 1.165) is 6.54 Å². The summed E-state index contributed by atoms with van der Waals surface area (Å²) < 4.78 is 0. The fourth-order valence-corrected chi connectivity index (χ4v) is 2.66. The van der Waals surface area contributed by atoms with Crippen LogP contribution in [-0.4, -0.2) is 4.98 Å². The molecular weight excluding hydrogens is 244 g/mol. The Kier molecular flexibility index (Phi) is 3.57. The second-order valence-electron chi connectivity index (χ2n) is 5.36. The van der Waals surface area contributed by atoms with E-state index in [1.54, 1.807) is 0 Å². The van der Waals surface area contributed by atoms with Crippen LogP contribution >= 0.6 is 0 Å². The maximum absolute atomic E-state index is 3.60. The molecule has 0 spiro atoms. The van der Waals surface area contributed by atoms with Gasteiger partial charge in [-0.25, -0.2) is 0 Å². The molecule has 2 N–H and O–H groups in total. The van der Waals surface area contributed by atoms with Gasteiger partial charge in [0.1, 0.15) is 0 Å². The lowest BCUT2D eigenvalue weighted by Gasteiger charge is -2.16. The Bertz CT molecular complexity index is 712. The van der Waals surface area contributed by atoms with Crippen molar-refractivity contribution in [3.63, 3.8) is 0 Å². The third-order valence-corrected chi connectivity index (χ3v) is 3.89. The number of hydrogen-bond donors (Lipinski definition) is 2. The maximum Gasteiger partial charge on any atom is 0.0457 e. The molecule has 0 aliphatic rings. The number of aryl methyl sites for hydroxylation is 1. The van der Waals surface area contributed by atoms with Gasteiger partial charge in [0.2, 0.25) is 0 Å². The van der Waals surface area contributed by atoms with Gasteiger partial charge >= 0.3 is 0 Å². The topological polar surface area (TPSA) is 27.8 Å². The first kappa shape index (κ1) is 12.9. The standard InChI is InChI=1S/C18H20N2/c1-13-5-3-4-6-17(13)14(2)20-12-15-7-8-16-9-10-19-18(16)11-15/h3-11,14,19-20H,12H2,1-2H3/t14-/m1/s1. The molecule has 2 aromatic carbocycles. The molecule has 102 valence electrons. The highest BCUT2D eigenvalue weighted by Crippen LogP contribution is 2.18. The van der Waals surface area contributed by atoms with E-state index < -0.39 is 0 Å². The molecule has 2 heteroatoms. The first-order valence-electron chi connectivity index (χ1n) is 7.09. The van der Waals surface area contributed by atoms with E-state index in [1.807, 2.05) is 6.20 Å². The van der Waals surface area contributed by atoms with Crippen LogP contribution < -0.4 is 5.32 Å². The van der Waals surface area contributed by atoms with E-state index in [2.05, 4.69) is 72.7 Å². The highest BCUT2D eigenvalue weighted by molar-refractivity contribution is 5.79. The average molecular weight is 264 g/mol. The Labute approximate surface area is 119 Å². The summed E-state index contributed by atoms with van der Waals surface area (Å²) >= 11 is 0. The van der Waals surface area contributed by atoms with E-state index in [4.69, 9.17) is 0 Å². The molecule has 1 aromatic heterocycles. The highest BCUT2D eigenvalue weighted by atomic mass is 14.9. The number of fused-ring (bicyclic) bond motifs is 1. The first-order chi connectivity index (χ1) is 9.74. The first-order valence-corrected chi connectivity index (χ1v) is 7.09. The molecule has 3 rings (SSSR count). The quantitative estimate of drug-likeness (QED) is 0.721. The second-order valence-corrected chi connectivity index (χ2v) is 5.36. The van der Waals surface area contributed by atoms with Crippen molar-refractivity contribution < 1.29 is 0 Å². The Balaban J connectivity index is 1.71. The number of rotatable bonds is 4. The van der Waals surface area contributed by atoms with Crippen LogP contribution in [0.25, 0.3) is 10.9 Å². The molecule has 0 saturated heterocycles. The predicted octanol–water partition coefficient (Wildman–Crippen LogP) is 4.33.